The van der Waals surface area contributed by atoms with Gasteiger partial charge in [-0.3, -0.25) is 9.59 Å². The second-order valence-electron chi connectivity index (χ2n) is 3.19. The van der Waals surface area contributed by atoms with Gasteiger partial charge in [-0.25, -0.2) is 0 Å². The minimum Gasteiger partial charge on any atom is -0.347 e. The van der Waals surface area contributed by atoms with Crippen molar-refractivity contribution in [2.45, 2.75) is 13.3 Å². The molecule has 1 aromatic carbocycles. The summed E-state index contributed by atoms with van der Waals surface area (Å²) in [7, 11) is 0. The lowest BCUT2D eigenvalue weighted by molar-refractivity contribution is -0.123. The van der Waals surface area contributed by atoms with Gasteiger partial charge in [0.05, 0.1) is 6.54 Å². The third-order valence-electron chi connectivity index (χ3n) is 1.88. The Morgan fingerprint density at radius 2 is 2.06 bits per heavy atom. The first-order valence-electron chi connectivity index (χ1n) is 4.94. The molecule has 86 valence electrons. The van der Waals surface area contributed by atoms with Crippen LogP contribution in [0, 0.1) is 0 Å². The number of benzene rings is 1. The van der Waals surface area contributed by atoms with Crippen molar-refractivity contribution < 1.29 is 9.59 Å². The number of carbonyl (C=O) groups excluding carboxylic acids is 2. The molecule has 0 heterocycles. The third-order valence-corrected chi connectivity index (χ3v) is 2.37. The number of carbonyl (C=O) groups is 2. The number of nitrogens with one attached hydrogen (secondary N) is 2. The lowest BCUT2D eigenvalue weighted by Gasteiger charge is -2.06. The molecule has 16 heavy (non-hydrogen) atoms. The van der Waals surface area contributed by atoms with Gasteiger partial charge in [-0.05, 0) is 18.2 Å². The highest BCUT2D eigenvalue weighted by Gasteiger charge is 2.04. The van der Waals surface area contributed by atoms with E-state index in [2.05, 4.69) is 26.6 Å². The topological polar surface area (TPSA) is 58.2 Å². The van der Waals surface area contributed by atoms with Crippen LogP contribution in [0.1, 0.15) is 13.3 Å². The Labute approximate surface area is 103 Å². The van der Waals surface area contributed by atoms with Crippen molar-refractivity contribution >= 4 is 33.4 Å². The standard InChI is InChI=1S/C11H13BrN2O2/c1-2-10(15)13-7-11(16)14-9-5-3-4-8(12)6-9/h3-6H,2,7H2,1H3,(H,13,15)(H,14,16). The molecular formula is C11H13BrN2O2. The third kappa shape index (κ3) is 4.44. The normalized spacial score (nSPS) is 9.62. The maximum Gasteiger partial charge on any atom is 0.243 e. The molecule has 1 rings (SSSR count). The largest absolute Gasteiger partial charge is 0.347 e. The first-order valence-corrected chi connectivity index (χ1v) is 5.73. The Bertz CT molecular complexity index is 393. The zero-order chi connectivity index (χ0) is 12.0. The van der Waals surface area contributed by atoms with Crippen LogP contribution in [0.4, 0.5) is 5.69 Å². The van der Waals surface area contributed by atoms with Gasteiger partial charge in [0.1, 0.15) is 0 Å². The number of hydrogen-bond donors (Lipinski definition) is 2. The summed E-state index contributed by atoms with van der Waals surface area (Å²) in [6, 6.07) is 7.27. The average molecular weight is 285 g/mol. The Morgan fingerprint density at radius 1 is 1.31 bits per heavy atom. The van der Waals surface area contributed by atoms with Crippen LogP contribution in [0.2, 0.25) is 0 Å². The van der Waals surface area contributed by atoms with Gasteiger partial charge in [0.15, 0.2) is 0 Å². The van der Waals surface area contributed by atoms with Gasteiger partial charge in [0.25, 0.3) is 0 Å². The molecule has 0 saturated carbocycles. The zero-order valence-electron chi connectivity index (χ0n) is 8.92. The molecule has 0 fully saturated rings. The summed E-state index contributed by atoms with van der Waals surface area (Å²) >= 11 is 3.30. The lowest BCUT2D eigenvalue weighted by Crippen LogP contribution is -2.32. The molecule has 0 atom stereocenters. The van der Waals surface area contributed by atoms with Crippen LogP contribution in [-0.4, -0.2) is 18.4 Å². The van der Waals surface area contributed by atoms with Crippen LogP contribution in [-0.2, 0) is 9.59 Å². The van der Waals surface area contributed by atoms with Crippen molar-refractivity contribution in [3.05, 3.63) is 28.7 Å². The fraction of sp³-hybridized carbons (Fsp3) is 0.273. The van der Waals surface area contributed by atoms with E-state index < -0.39 is 0 Å². The van der Waals surface area contributed by atoms with Crippen LogP contribution >= 0.6 is 15.9 Å². The molecule has 0 bridgehead atoms. The number of rotatable bonds is 4. The molecular weight excluding hydrogens is 272 g/mol. The number of amides is 2. The highest BCUT2D eigenvalue weighted by molar-refractivity contribution is 9.10. The van der Waals surface area contributed by atoms with Gasteiger partial charge < -0.3 is 10.6 Å². The molecule has 0 aliphatic rings. The summed E-state index contributed by atoms with van der Waals surface area (Å²) in [5.74, 6) is -0.371. The molecule has 0 unspecified atom stereocenters. The van der Waals surface area contributed by atoms with Gasteiger partial charge in [-0.1, -0.05) is 28.9 Å². The summed E-state index contributed by atoms with van der Waals surface area (Å²) in [5, 5.41) is 5.18. The summed E-state index contributed by atoms with van der Waals surface area (Å²) < 4.78 is 0.892. The van der Waals surface area contributed by atoms with Crippen molar-refractivity contribution in [3.8, 4) is 0 Å². The molecule has 0 saturated heterocycles. The van der Waals surface area contributed by atoms with E-state index in [4.69, 9.17) is 0 Å². The van der Waals surface area contributed by atoms with Crippen molar-refractivity contribution in [1.29, 1.82) is 0 Å². The van der Waals surface area contributed by atoms with E-state index in [1.807, 2.05) is 12.1 Å². The molecule has 4 nitrogen and oxygen atoms in total. The molecule has 5 heteroatoms. The van der Waals surface area contributed by atoms with Crippen LogP contribution in [0.5, 0.6) is 0 Å². The Kier molecular flexibility index (Phi) is 4.98. The molecule has 1 aromatic rings. The van der Waals surface area contributed by atoms with Gasteiger partial charge in [-0.2, -0.15) is 0 Å². The number of anilines is 1. The van der Waals surface area contributed by atoms with E-state index in [9.17, 15) is 9.59 Å². The van der Waals surface area contributed by atoms with Crippen LogP contribution in [0.15, 0.2) is 28.7 Å². The second-order valence-corrected chi connectivity index (χ2v) is 4.10. The van der Waals surface area contributed by atoms with E-state index in [1.165, 1.54) is 0 Å². The Morgan fingerprint density at radius 3 is 2.69 bits per heavy atom. The van der Waals surface area contributed by atoms with Crippen LogP contribution in [0.25, 0.3) is 0 Å². The summed E-state index contributed by atoms with van der Waals surface area (Å²) in [6.45, 7) is 1.74. The van der Waals surface area contributed by atoms with Crippen LogP contribution < -0.4 is 10.6 Å². The molecule has 0 aliphatic carbocycles. The van der Waals surface area contributed by atoms with Gasteiger partial charge in [-0.15, -0.1) is 0 Å². The first-order chi connectivity index (χ1) is 7.61. The van der Waals surface area contributed by atoms with Gasteiger partial charge >= 0.3 is 0 Å². The second kappa shape index (κ2) is 6.27. The van der Waals surface area contributed by atoms with Crippen molar-refractivity contribution in [3.63, 3.8) is 0 Å². The predicted octanol–water partition coefficient (Wildman–Crippen LogP) is 1.91. The SMILES string of the molecule is CCC(=O)NCC(=O)Nc1cccc(Br)c1. The smallest absolute Gasteiger partial charge is 0.243 e. The number of halogens is 1. The lowest BCUT2D eigenvalue weighted by atomic mass is 10.3. The minimum atomic E-state index is -0.236. The highest BCUT2D eigenvalue weighted by atomic mass is 79.9. The van der Waals surface area contributed by atoms with Crippen LogP contribution in [0.3, 0.4) is 0 Å². The van der Waals surface area contributed by atoms with Crippen molar-refractivity contribution in [1.82, 2.24) is 5.32 Å². The molecule has 0 aliphatic heterocycles. The van der Waals surface area contributed by atoms with E-state index in [0.29, 0.717) is 12.1 Å². The predicted molar refractivity (Wildman–Crippen MR) is 66.1 cm³/mol. The molecule has 0 spiro atoms. The fourth-order valence-corrected chi connectivity index (χ4v) is 1.47. The maximum atomic E-state index is 11.4. The Hall–Kier alpha value is -1.36. The van der Waals surface area contributed by atoms with Crippen molar-refractivity contribution in [2.24, 2.45) is 0 Å². The van der Waals surface area contributed by atoms with Gasteiger partial charge in [0.2, 0.25) is 11.8 Å². The molecule has 2 amide bonds. The van der Waals surface area contributed by atoms with E-state index in [1.54, 1.807) is 19.1 Å². The quantitative estimate of drug-likeness (QED) is 0.888. The fourth-order valence-electron chi connectivity index (χ4n) is 1.08. The zero-order valence-corrected chi connectivity index (χ0v) is 10.5. The molecule has 0 aromatic heterocycles. The van der Waals surface area contributed by atoms with E-state index >= 15 is 0 Å². The highest BCUT2D eigenvalue weighted by Crippen LogP contribution is 2.15. The summed E-state index contributed by atoms with van der Waals surface area (Å²) in [6.07, 6.45) is 0.379. The first kappa shape index (κ1) is 12.7. The summed E-state index contributed by atoms with van der Waals surface area (Å²) in [4.78, 5) is 22.3. The monoisotopic (exact) mass is 284 g/mol. The van der Waals surface area contributed by atoms with Gasteiger partial charge in [0, 0.05) is 16.6 Å². The minimum absolute atomic E-state index is 0.000807. The average Bonchev–Trinajstić information content (AvgIpc) is 2.26. The molecule has 0 radical (unpaired) electrons. The van der Waals surface area contributed by atoms with E-state index in [0.717, 1.165) is 4.47 Å². The van der Waals surface area contributed by atoms with Crippen molar-refractivity contribution in [2.75, 3.05) is 11.9 Å². The number of hydrogen-bond acceptors (Lipinski definition) is 2. The summed E-state index contributed by atoms with van der Waals surface area (Å²) in [5.41, 5.74) is 0.699. The Balaban J connectivity index is 2.43. The maximum absolute atomic E-state index is 11.4. The van der Waals surface area contributed by atoms with E-state index in [-0.39, 0.29) is 18.4 Å². The molecule has 2 N–H and O–H groups in total.